The van der Waals surface area contributed by atoms with Crippen LogP contribution in [0.2, 0.25) is 0 Å². The highest BCUT2D eigenvalue weighted by Crippen LogP contribution is 2.26. The van der Waals surface area contributed by atoms with Gasteiger partial charge in [0.25, 0.3) is 5.91 Å². The maximum absolute atomic E-state index is 12.2. The van der Waals surface area contributed by atoms with Crippen LogP contribution in [-0.4, -0.2) is 44.1 Å². The van der Waals surface area contributed by atoms with Crippen LogP contribution in [0, 0.1) is 0 Å². The molecule has 4 nitrogen and oxygen atoms in total. The van der Waals surface area contributed by atoms with Crippen molar-refractivity contribution in [1.29, 1.82) is 0 Å². The summed E-state index contributed by atoms with van der Waals surface area (Å²) >= 11 is 3.39. The topological polar surface area (TPSA) is 41.6 Å². The first kappa shape index (κ1) is 15.3. The van der Waals surface area contributed by atoms with E-state index in [4.69, 9.17) is 4.74 Å². The van der Waals surface area contributed by atoms with E-state index in [1.807, 2.05) is 11.0 Å². The summed E-state index contributed by atoms with van der Waals surface area (Å²) in [5, 5.41) is 3.23. The minimum Gasteiger partial charge on any atom is -0.496 e. The summed E-state index contributed by atoms with van der Waals surface area (Å²) in [6, 6.07) is 5.41. The van der Waals surface area contributed by atoms with E-state index in [2.05, 4.69) is 21.2 Å². The normalized spacial score (nSPS) is 14.9. The van der Waals surface area contributed by atoms with Gasteiger partial charge in [0.15, 0.2) is 0 Å². The van der Waals surface area contributed by atoms with Gasteiger partial charge in [0.1, 0.15) is 5.75 Å². The van der Waals surface area contributed by atoms with Gasteiger partial charge in [0.05, 0.1) is 11.6 Å². The van der Waals surface area contributed by atoms with Crippen molar-refractivity contribution in [1.82, 2.24) is 10.2 Å². The molecule has 1 amide bonds. The van der Waals surface area contributed by atoms with Gasteiger partial charge in [-0.05, 0) is 34.1 Å². The Balaban J connectivity index is 0.00000162. The number of ether oxygens (including phenoxy) is 1. The SMILES string of the molecule is COc1ccc(C(=O)N2CCNCC2)cc1Br.Cl. The molecule has 18 heavy (non-hydrogen) atoms. The number of hydrogen-bond acceptors (Lipinski definition) is 3. The molecule has 0 unspecified atom stereocenters. The van der Waals surface area contributed by atoms with Crippen molar-refractivity contribution in [2.45, 2.75) is 0 Å². The lowest BCUT2D eigenvalue weighted by atomic mass is 10.2. The third-order valence-corrected chi connectivity index (χ3v) is 3.42. The molecule has 1 aromatic carbocycles. The number of carbonyl (C=O) groups excluding carboxylic acids is 1. The summed E-state index contributed by atoms with van der Waals surface area (Å²) < 4.78 is 5.95. The molecular formula is C12H16BrClN2O2. The monoisotopic (exact) mass is 334 g/mol. The standard InChI is InChI=1S/C12H15BrN2O2.ClH/c1-17-11-3-2-9(8-10(11)13)12(16)15-6-4-14-5-7-15;/h2-3,8,14H,4-7H2,1H3;1H. The van der Waals surface area contributed by atoms with Crippen LogP contribution < -0.4 is 10.1 Å². The number of hydrogen-bond donors (Lipinski definition) is 1. The Morgan fingerprint density at radius 2 is 2.06 bits per heavy atom. The van der Waals surface area contributed by atoms with Gasteiger partial charge in [0.2, 0.25) is 0 Å². The predicted octanol–water partition coefficient (Wildman–Crippen LogP) is 1.92. The van der Waals surface area contributed by atoms with Gasteiger partial charge in [-0.25, -0.2) is 0 Å². The molecule has 0 saturated carbocycles. The van der Waals surface area contributed by atoms with Crippen LogP contribution in [-0.2, 0) is 0 Å². The smallest absolute Gasteiger partial charge is 0.253 e. The zero-order valence-corrected chi connectivity index (χ0v) is 12.5. The van der Waals surface area contributed by atoms with E-state index in [9.17, 15) is 4.79 Å². The minimum absolute atomic E-state index is 0. The molecule has 1 saturated heterocycles. The minimum atomic E-state index is 0. The van der Waals surface area contributed by atoms with E-state index in [1.165, 1.54) is 0 Å². The highest BCUT2D eigenvalue weighted by Gasteiger charge is 2.18. The highest BCUT2D eigenvalue weighted by molar-refractivity contribution is 9.10. The third-order valence-electron chi connectivity index (χ3n) is 2.80. The summed E-state index contributed by atoms with van der Waals surface area (Å²) in [5.41, 5.74) is 0.694. The van der Waals surface area contributed by atoms with Crippen molar-refractivity contribution >= 4 is 34.2 Å². The molecule has 0 radical (unpaired) electrons. The summed E-state index contributed by atoms with van der Waals surface area (Å²) in [7, 11) is 1.61. The van der Waals surface area contributed by atoms with Crippen LogP contribution in [0.5, 0.6) is 5.75 Å². The Morgan fingerprint density at radius 1 is 1.39 bits per heavy atom. The molecule has 1 aromatic rings. The molecule has 0 atom stereocenters. The molecule has 100 valence electrons. The summed E-state index contributed by atoms with van der Waals surface area (Å²) in [6.07, 6.45) is 0. The van der Waals surface area contributed by atoms with Crippen molar-refractivity contribution in [3.8, 4) is 5.75 Å². The lowest BCUT2D eigenvalue weighted by Crippen LogP contribution is -2.46. The van der Waals surface area contributed by atoms with Crippen LogP contribution in [0.25, 0.3) is 0 Å². The molecule has 1 aliphatic rings. The molecule has 0 bridgehead atoms. The first-order chi connectivity index (χ1) is 8.22. The fourth-order valence-corrected chi connectivity index (χ4v) is 2.39. The van der Waals surface area contributed by atoms with Gasteiger partial charge in [0, 0.05) is 31.7 Å². The van der Waals surface area contributed by atoms with E-state index in [0.29, 0.717) is 5.56 Å². The van der Waals surface area contributed by atoms with Crippen molar-refractivity contribution in [2.75, 3.05) is 33.3 Å². The second-order valence-corrected chi connectivity index (χ2v) is 4.75. The lowest BCUT2D eigenvalue weighted by molar-refractivity contribution is 0.0735. The summed E-state index contributed by atoms with van der Waals surface area (Å²) in [6.45, 7) is 3.26. The van der Waals surface area contributed by atoms with E-state index in [0.717, 1.165) is 36.4 Å². The van der Waals surface area contributed by atoms with Crippen LogP contribution in [0.15, 0.2) is 22.7 Å². The van der Waals surface area contributed by atoms with Crippen LogP contribution in [0.1, 0.15) is 10.4 Å². The van der Waals surface area contributed by atoms with Gasteiger partial charge in [-0.3, -0.25) is 4.79 Å². The van der Waals surface area contributed by atoms with E-state index >= 15 is 0 Å². The second kappa shape index (κ2) is 6.97. The van der Waals surface area contributed by atoms with Crippen molar-refractivity contribution in [3.63, 3.8) is 0 Å². The van der Waals surface area contributed by atoms with Crippen molar-refractivity contribution < 1.29 is 9.53 Å². The Hall–Kier alpha value is -0.780. The average Bonchev–Trinajstić information content (AvgIpc) is 2.39. The quantitative estimate of drug-likeness (QED) is 0.898. The molecule has 0 aromatic heterocycles. The first-order valence-electron chi connectivity index (χ1n) is 5.56. The molecular weight excluding hydrogens is 320 g/mol. The van der Waals surface area contributed by atoms with E-state index in [1.54, 1.807) is 19.2 Å². The largest absolute Gasteiger partial charge is 0.496 e. The van der Waals surface area contributed by atoms with Gasteiger partial charge < -0.3 is 15.0 Å². The Labute approximate surface area is 121 Å². The summed E-state index contributed by atoms with van der Waals surface area (Å²) in [4.78, 5) is 14.1. The molecule has 0 aliphatic carbocycles. The molecule has 1 fully saturated rings. The van der Waals surface area contributed by atoms with Gasteiger partial charge in [-0.15, -0.1) is 12.4 Å². The molecule has 0 spiro atoms. The zero-order valence-electron chi connectivity index (χ0n) is 10.1. The summed E-state index contributed by atoms with van der Waals surface area (Å²) in [5.74, 6) is 0.816. The molecule has 1 heterocycles. The van der Waals surface area contributed by atoms with Crippen LogP contribution in [0.3, 0.4) is 0 Å². The molecule has 1 N–H and O–H groups in total. The third kappa shape index (κ3) is 3.37. The van der Waals surface area contributed by atoms with E-state index in [-0.39, 0.29) is 18.3 Å². The fraction of sp³-hybridized carbons (Fsp3) is 0.417. The van der Waals surface area contributed by atoms with E-state index < -0.39 is 0 Å². The Bertz CT molecular complexity index is 423. The predicted molar refractivity (Wildman–Crippen MR) is 76.7 cm³/mol. The number of benzene rings is 1. The number of piperazine rings is 1. The first-order valence-corrected chi connectivity index (χ1v) is 6.35. The fourth-order valence-electron chi connectivity index (χ4n) is 1.85. The van der Waals surface area contributed by atoms with Gasteiger partial charge in [-0.2, -0.15) is 0 Å². The maximum Gasteiger partial charge on any atom is 0.253 e. The Morgan fingerprint density at radius 3 is 2.61 bits per heavy atom. The zero-order chi connectivity index (χ0) is 12.3. The van der Waals surface area contributed by atoms with Crippen molar-refractivity contribution in [3.05, 3.63) is 28.2 Å². The number of nitrogens with zero attached hydrogens (tertiary/aromatic N) is 1. The lowest BCUT2D eigenvalue weighted by Gasteiger charge is -2.27. The molecule has 2 rings (SSSR count). The maximum atomic E-state index is 12.2. The number of methoxy groups -OCH3 is 1. The van der Waals surface area contributed by atoms with Crippen LogP contribution in [0.4, 0.5) is 0 Å². The van der Waals surface area contributed by atoms with Crippen LogP contribution >= 0.6 is 28.3 Å². The highest BCUT2D eigenvalue weighted by atomic mass is 79.9. The number of carbonyl (C=O) groups is 1. The molecule has 6 heteroatoms. The second-order valence-electron chi connectivity index (χ2n) is 3.89. The number of halogens is 2. The van der Waals surface area contributed by atoms with Crippen molar-refractivity contribution in [2.24, 2.45) is 0 Å². The van der Waals surface area contributed by atoms with Gasteiger partial charge in [-0.1, -0.05) is 0 Å². The Kier molecular flexibility index (Phi) is 5.91. The van der Waals surface area contributed by atoms with Gasteiger partial charge >= 0.3 is 0 Å². The number of rotatable bonds is 2. The average molecular weight is 336 g/mol. The number of amides is 1. The molecule has 1 aliphatic heterocycles. The number of nitrogens with one attached hydrogen (secondary N) is 1.